The molecule has 4 nitrogen and oxygen atoms in total. The molecule has 3 rings (SSSR count). The molecular formula is C27H33Cl2NO3. The maximum absolute atomic E-state index is 14.1. The molecule has 0 saturated carbocycles. The van der Waals surface area contributed by atoms with Gasteiger partial charge in [0.15, 0.2) is 0 Å². The van der Waals surface area contributed by atoms with E-state index in [0.717, 1.165) is 24.0 Å². The molecule has 1 aliphatic rings. The number of aliphatic carboxylic acids is 1. The minimum absolute atomic E-state index is 0.0301. The lowest BCUT2D eigenvalue weighted by Gasteiger charge is -2.52. The van der Waals surface area contributed by atoms with Crippen LogP contribution < -0.4 is 0 Å². The van der Waals surface area contributed by atoms with Crippen molar-refractivity contribution in [3.8, 4) is 0 Å². The molecule has 0 aromatic heterocycles. The third kappa shape index (κ3) is 5.38. The topological polar surface area (TPSA) is 57.6 Å². The predicted octanol–water partition coefficient (Wildman–Crippen LogP) is 7.36. The van der Waals surface area contributed by atoms with E-state index in [2.05, 4.69) is 19.9 Å². The highest BCUT2D eigenvalue weighted by molar-refractivity contribution is 6.30. The Morgan fingerprint density at radius 1 is 1.09 bits per heavy atom. The molecular weight excluding hydrogens is 457 g/mol. The molecule has 0 bridgehead atoms. The minimum Gasteiger partial charge on any atom is -0.481 e. The van der Waals surface area contributed by atoms with E-state index >= 15 is 0 Å². The number of carboxylic acid groups (broad SMARTS) is 1. The van der Waals surface area contributed by atoms with Gasteiger partial charge in [0.25, 0.3) is 0 Å². The number of nitrogens with zero attached hydrogens (tertiary/aromatic N) is 1. The summed E-state index contributed by atoms with van der Waals surface area (Å²) in [5, 5.41) is 10.9. The van der Waals surface area contributed by atoms with Gasteiger partial charge in [-0.1, -0.05) is 75.2 Å². The fourth-order valence-corrected chi connectivity index (χ4v) is 5.74. The Morgan fingerprint density at radius 3 is 2.27 bits per heavy atom. The van der Waals surface area contributed by atoms with Gasteiger partial charge in [0, 0.05) is 27.4 Å². The quantitative estimate of drug-likeness (QED) is 0.421. The zero-order valence-corrected chi connectivity index (χ0v) is 21.2. The highest BCUT2D eigenvalue weighted by Gasteiger charge is 2.51. The van der Waals surface area contributed by atoms with Gasteiger partial charge in [-0.3, -0.25) is 9.59 Å². The smallest absolute Gasteiger partial charge is 0.306 e. The number of likely N-dealkylation sites (tertiary alicyclic amines) is 1. The van der Waals surface area contributed by atoms with E-state index in [-0.39, 0.29) is 23.9 Å². The number of rotatable bonds is 8. The standard InChI is InChI=1S/C27H33Cl2NO3/c1-5-22(6-2)30-24(18-10-12-20(28)13-11-18)23(19-8-7-9-21(29)14-19)16-27(4,26(30)33)15-17(3)25(31)32/h7-14,17,22-24H,5-6,15-16H2,1-4H3,(H,31,32)/t17?,23-,24-,27+/m1/s1. The van der Waals surface area contributed by atoms with Crippen molar-refractivity contribution in [1.29, 1.82) is 0 Å². The van der Waals surface area contributed by atoms with Gasteiger partial charge in [-0.2, -0.15) is 0 Å². The summed E-state index contributed by atoms with van der Waals surface area (Å²) in [5.41, 5.74) is 1.29. The zero-order valence-electron chi connectivity index (χ0n) is 19.7. The van der Waals surface area contributed by atoms with Crippen molar-refractivity contribution in [3.63, 3.8) is 0 Å². The molecule has 0 spiro atoms. The molecule has 178 valence electrons. The number of amides is 1. The lowest BCUT2D eigenvalue weighted by molar-refractivity contribution is -0.158. The van der Waals surface area contributed by atoms with E-state index in [4.69, 9.17) is 23.2 Å². The van der Waals surface area contributed by atoms with Gasteiger partial charge in [0.05, 0.1) is 12.0 Å². The van der Waals surface area contributed by atoms with Crippen LogP contribution in [0, 0.1) is 11.3 Å². The molecule has 2 aromatic carbocycles. The van der Waals surface area contributed by atoms with Crippen LogP contribution in [0.4, 0.5) is 0 Å². The number of carbonyl (C=O) groups is 2. The Balaban J connectivity index is 2.20. The summed E-state index contributed by atoms with van der Waals surface area (Å²) in [6.07, 6.45) is 2.48. The summed E-state index contributed by atoms with van der Waals surface area (Å²) in [4.78, 5) is 27.9. The second kappa shape index (κ2) is 10.5. The van der Waals surface area contributed by atoms with Crippen LogP contribution >= 0.6 is 23.2 Å². The van der Waals surface area contributed by atoms with Gasteiger partial charge in [-0.05, 0) is 61.1 Å². The van der Waals surface area contributed by atoms with Crippen molar-refractivity contribution < 1.29 is 14.7 Å². The number of halogens is 2. The summed E-state index contributed by atoms with van der Waals surface area (Å²) in [5.74, 6) is -1.50. The summed E-state index contributed by atoms with van der Waals surface area (Å²) in [7, 11) is 0. The highest BCUT2D eigenvalue weighted by Crippen LogP contribution is 2.53. The maximum Gasteiger partial charge on any atom is 0.306 e. The van der Waals surface area contributed by atoms with Gasteiger partial charge in [0.1, 0.15) is 0 Å². The van der Waals surface area contributed by atoms with Gasteiger partial charge < -0.3 is 10.0 Å². The van der Waals surface area contributed by atoms with Crippen molar-refractivity contribution in [2.24, 2.45) is 11.3 Å². The second-order valence-electron chi connectivity index (χ2n) is 9.55. The number of hydrogen-bond acceptors (Lipinski definition) is 2. The van der Waals surface area contributed by atoms with E-state index in [1.165, 1.54) is 0 Å². The van der Waals surface area contributed by atoms with E-state index in [9.17, 15) is 14.7 Å². The lowest BCUT2D eigenvalue weighted by Crippen LogP contribution is -2.56. The first-order valence-electron chi connectivity index (χ1n) is 11.7. The van der Waals surface area contributed by atoms with Crippen LogP contribution in [0.25, 0.3) is 0 Å². The van der Waals surface area contributed by atoms with E-state index in [1.807, 2.05) is 54.3 Å². The minimum atomic E-state index is -0.878. The molecule has 1 heterocycles. The van der Waals surface area contributed by atoms with Gasteiger partial charge in [0.2, 0.25) is 5.91 Å². The van der Waals surface area contributed by atoms with Gasteiger partial charge in [-0.15, -0.1) is 0 Å². The van der Waals surface area contributed by atoms with Gasteiger partial charge >= 0.3 is 5.97 Å². The molecule has 1 saturated heterocycles. The number of hydrogen-bond donors (Lipinski definition) is 1. The van der Waals surface area contributed by atoms with Crippen molar-refractivity contribution in [1.82, 2.24) is 4.90 Å². The summed E-state index contributed by atoms with van der Waals surface area (Å²) < 4.78 is 0. The lowest BCUT2D eigenvalue weighted by atomic mass is 9.65. The Labute approximate surface area is 206 Å². The third-order valence-electron chi connectivity index (χ3n) is 7.10. The summed E-state index contributed by atoms with van der Waals surface area (Å²) in [6.45, 7) is 7.81. The zero-order chi connectivity index (χ0) is 24.3. The molecule has 4 atom stereocenters. The Bertz CT molecular complexity index is 989. The molecule has 1 fully saturated rings. The monoisotopic (exact) mass is 489 g/mol. The Kier molecular flexibility index (Phi) is 8.13. The van der Waals surface area contributed by atoms with Crippen LogP contribution in [-0.4, -0.2) is 27.9 Å². The molecule has 1 unspecified atom stereocenters. The number of carbonyl (C=O) groups excluding carboxylic acids is 1. The van der Waals surface area contributed by atoms with E-state index in [1.54, 1.807) is 6.92 Å². The summed E-state index contributed by atoms with van der Waals surface area (Å²) in [6, 6.07) is 15.4. The van der Waals surface area contributed by atoms with E-state index in [0.29, 0.717) is 22.9 Å². The first kappa shape index (κ1) is 25.6. The molecule has 1 amide bonds. The molecule has 0 aliphatic carbocycles. The van der Waals surface area contributed by atoms with Crippen LogP contribution in [0.3, 0.4) is 0 Å². The summed E-state index contributed by atoms with van der Waals surface area (Å²) >= 11 is 12.6. The van der Waals surface area contributed by atoms with Crippen LogP contribution in [0.5, 0.6) is 0 Å². The van der Waals surface area contributed by atoms with Crippen LogP contribution in [0.1, 0.15) is 76.5 Å². The first-order chi connectivity index (χ1) is 15.6. The van der Waals surface area contributed by atoms with Crippen molar-refractivity contribution in [3.05, 3.63) is 69.7 Å². The Morgan fingerprint density at radius 2 is 1.73 bits per heavy atom. The van der Waals surface area contributed by atoms with E-state index < -0.39 is 17.3 Å². The third-order valence-corrected chi connectivity index (χ3v) is 7.59. The van der Waals surface area contributed by atoms with Crippen molar-refractivity contribution >= 4 is 35.1 Å². The number of benzene rings is 2. The first-order valence-corrected chi connectivity index (χ1v) is 12.4. The molecule has 1 N–H and O–H groups in total. The molecule has 2 aromatic rings. The highest BCUT2D eigenvalue weighted by atomic mass is 35.5. The fourth-order valence-electron chi connectivity index (χ4n) is 5.42. The molecule has 1 aliphatic heterocycles. The number of carboxylic acids is 1. The predicted molar refractivity (Wildman–Crippen MR) is 134 cm³/mol. The Hall–Kier alpha value is -2.04. The second-order valence-corrected chi connectivity index (χ2v) is 10.4. The van der Waals surface area contributed by atoms with Crippen LogP contribution in [-0.2, 0) is 9.59 Å². The van der Waals surface area contributed by atoms with Gasteiger partial charge in [-0.25, -0.2) is 0 Å². The molecule has 33 heavy (non-hydrogen) atoms. The van der Waals surface area contributed by atoms with Crippen LogP contribution in [0.15, 0.2) is 48.5 Å². The SMILES string of the molecule is CCC(CC)N1C(=O)[C@@](C)(CC(C)C(=O)O)C[C@H](c2cccc(Cl)c2)[C@H]1c1ccc(Cl)cc1. The van der Waals surface area contributed by atoms with Crippen molar-refractivity contribution in [2.45, 2.75) is 71.4 Å². The van der Waals surface area contributed by atoms with Crippen molar-refractivity contribution in [2.75, 3.05) is 0 Å². The fraction of sp³-hybridized carbons (Fsp3) is 0.481. The van der Waals surface area contributed by atoms with Crippen LogP contribution in [0.2, 0.25) is 10.0 Å². The maximum atomic E-state index is 14.1. The normalized spacial score (nSPS) is 24.2. The average Bonchev–Trinajstić information content (AvgIpc) is 2.78. The molecule has 6 heteroatoms. The number of piperidine rings is 1. The molecule has 0 radical (unpaired) electrons. The largest absolute Gasteiger partial charge is 0.481 e. The average molecular weight is 490 g/mol.